The fraction of sp³-hybridized carbons (Fsp3) is 0.533. The van der Waals surface area contributed by atoms with Gasteiger partial charge in [-0.05, 0) is 56.6 Å². The summed E-state index contributed by atoms with van der Waals surface area (Å²) in [6, 6.07) is 4.03. The third kappa shape index (κ3) is 2.56. The van der Waals surface area contributed by atoms with E-state index in [2.05, 4.69) is 32.7 Å². The number of carbonyl (C=O) groups is 1. The zero-order chi connectivity index (χ0) is 13.3. The average molecular weight is 246 g/mol. The van der Waals surface area contributed by atoms with E-state index >= 15 is 0 Å². The highest BCUT2D eigenvalue weighted by Gasteiger charge is 2.20. The number of hydrogen-bond acceptors (Lipinski definition) is 2. The van der Waals surface area contributed by atoms with Gasteiger partial charge in [-0.15, -0.1) is 0 Å². The Hall–Kier alpha value is -1.35. The van der Waals surface area contributed by atoms with Gasteiger partial charge >= 0.3 is 0 Å². The number of aryl methyl sites for hydroxylation is 2. The molecule has 0 aromatic heterocycles. The molecule has 0 saturated carbocycles. The molecule has 1 aromatic carbocycles. The topological polar surface area (TPSA) is 23.6 Å². The predicted molar refractivity (Wildman–Crippen MR) is 74.1 cm³/mol. The number of likely N-dealkylation sites (N-methyl/N-ethyl adjacent to an activating group) is 1. The Balaban J connectivity index is 2.19. The lowest BCUT2D eigenvalue weighted by atomic mass is 10.00. The number of amides is 1. The first-order valence-electron chi connectivity index (χ1n) is 6.54. The van der Waals surface area contributed by atoms with Gasteiger partial charge < -0.3 is 9.80 Å². The van der Waals surface area contributed by atoms with Gasteiger partial charge in [0.05, 0.1) is 0 Å². The van der Waals surface area contributed by atoms with E-state index in [1.54, 1.807) is 0 Å². The molecule has 98 valence electrons. The van der Waals surface area contributed by atoms with E-state index in [9.17, 15) is 4.79 Å². The normalized spacial score (nSPS) is 17.0. The van der Waals surface area contributed by atoms with E-state index in [1.165, 1.54) is 16.7 Å². The van der Waals surface area contributed by atoms with Crippen molar-refractivity contribution in [3.63, 3.8) is 0 Å². The Kier molecular flexibility index (Phi) is 3.71. The van der Waals surface area contributed by atoms with Gasteiger partial charge in [0.2, 0.25) is 0 Å². The van der Waals surface area contributed by atoms with E-state index in [-0.39, 0.29) is 5.91 Å². The Morgan fingerprint density at radius 2 is 1.50 bits per heavy atom. The van der Waals surface area contributed by atoms with Crippen LogP contribution in [0.5, 0.6) is 0 Å². The fourth-order valence-corrected chi connectivity index (χ4v) is 2.35. The van der Waals surface area contributed by atoms with Gasteiger partial charge in [-0.1, -0.05) is 0 Å². The number of nitrogens with zero attached hydrogens (tertiary/aromatic N) is 2. The number of hydrogen-bond donors (Lipinski definition) is 0. The quantitative estimate of drug-likeness (QED) is 0.756. The summed E-state index contributed by atoms with van der Waals surface area (Å²) >= 11 is 0. The number of rotatable bonds is 1. The molecule has 1 fully saturated rings. The molecule has 1 saturated heterocycles. The van der Waals surface area contributed by atoms with Crippen molar-refractivity contribution in [3.8, 4) is 0 Å². The van der Waals surface area contributed by atoms with Crippen molar-refractivity contribution < 1.29 is 4.79 Å². The van der Waals surface area contributed by atoms with Crippen LogP contribution >= 0.6 is 0 Å². The molecule has 0 unspecified atom stereocenters. The van der Waals surface area contributed by atoms with Gasteiger partial charge in [0.1, 0.15) is 0 Å². The fourth-order valence-electron chi connectivity index (χ4n) is 2.35. The molecular formula is C15H22N2O. The Bertz CT molecular complexity index is 437. The molecule has 1 aliphatic rings. The van der Waals surface area contributed by atoms with Crippen LogP contribution in [0.25, 0.3) is 0 Å². The lowest BCUT2D eigenvalue weighted by Crippen LogP contribution is -2.47. The molecule has 1 heterocycles. The highest BCUT2D eigenvalue weighted by Crippen LogP contribution is 2.17. The van der Waals surface area contributed by atoms with E-state index in [1.807, 2.05) is 17.0 Å². The van der Waals surface area contributed by atoms with Crippen LogP contribution in [0.2, 0.25) is 0 Å². The summed E-state index contributed by atoms with van der Waals surface area (Å²) in [5.41, 5.74) is 4.52. The van der Waals surface area contributed by atoms with Crippen LogP contribution < -0.4 is 0 Å². The molecule has 3 heteroatoms. The number of carbonyl (C=O) groups excluding carboxylic acids is 1. The smallest absolute Gasteiger partial charge is 0.253 e. The summed E-state index contributed by atoms with van der Waals surface area (Å²) in [5.74, 6) is 0.175. The molecular weight excluding hydrogens is 224 g/mol. The summed E-state index contributed by atoms with van der Waals surface area (Å²) in [7, 11) is 2.10. The summed E-state index contributed by atoms with van der Waals surface area (Å²) in [5, 5.41) is 0. The average Bonchev–Trinajstić information content (AvgIpc) is 2.35. The second kappa shape index (κ2) is 5.11. The van der Waals surface area contributed by atoms with Gasteiger partial charge in [0.25, 0.3) is 5.91 Å². The van der Waals surface area contributed by atoms with E-state index in [4.69, 9.17) is 0 Å². The van der Waals surface area contributed by atoms with Crippen molar-refractivity contribution in [1.82, 2.24) is 9.80 Å². The van der Waals surface area contributed by atoms with Crippen molar-refractivity contribution in [2.45, 2.75) is 20.8 Å². The molecule has 0 bridgehead atoms. The highest BCUT2D eigenvalue weighted by molar-refractivity contribution is 5.94. The van der Waals surface area contributed by atoms with Crippen LogP contribution in [0, 0.1) is 20.8 Å². The molecule has 0 aliphatic carbocycles. The molecule has 18 heavy (non-hydrogen) atoms. The van der Waals surface area contributed by atoms with Gasteiger partial charge in [-0.3, -0.25) is 4.79 Å². The first-order chi connectivity index (χ1) is 8.49. The summed E-state index contributed by atoms with van der Waals surface area (Å²) < 4.78 is 0. The maximum absolute atomic E-state index is 12.4. The molecule has 0 atom stereocenters. The largest absolute Gasteiger partial charge is 0.336 e. The van der Waals surface area contributed by atoms with Crippen LogP contribution in [-0.2, 0) is 0 Å². The van der Waals surface area contributed by atoms with E-state index in [0.717, 1.165) is 31.7 Å². The van der Waals surface area contributed by atoms with Crippen LogP contribution in [0.1, 0.15) is 27.0 Å². The Morgan fingerprint density at radius 3 is 2.00 bits per heavy atom. The minimum Gasteiger partial charge on any atom is -0.336 e. The maximum atomic E-state index is 12.4. The summed E-state index contributed by atoms with van der Waals surface area (Å²) in [6.07, 6.45) is 0. The zero-order valence-corrected chi connectivity index (χ0v) is 11.8. The summed E-state index contributed by atoms with van der Waals surface area (Å²) in [4.78, 5) is 16.7. The van der Waals surface area contributed by atoms with Crippen molar-refractivity contribution in [2.24, 2.45) is 0 Å². The van der Waals surface area contributed by atoms with Crippen LogP contribution in [0.15, 0.2) is 12.1 Å². The second-order valence-corrected chi connectivity index (χ2v) is 5.33. The molecule has 1 aliphatic heterocycles. The lowest BCUT2D eigenvalue weighted by molar-refractivity contribution is 0.0664. The number of piperazine rings is 1. The van der Waals surface area contributed by atoms with Crippen LogP contribution in [0.3, 0.4) is 0 Å². The molecule has 0 N–H and O–H groups in total. The molecule has 1 aromatic rings. The molecule has 0 spiro atoms. The predicted octanol–water partition coefficient (Wildman–Crippen LogP) is 2.00. The van der Waals surface area contributed by atoms with E-state index in [0.29, 0.717) is 0 Å². The zero-order valence-electron chi connectivity index (χ0n) is 11.8. The SMILES string of the molecule is Cc1cc(C(=O)N2CCN(C)CC2)cc(C)c1C. The van der Waals surface area contributed by atoms with Crippen LogP contribution in [0.4, 0.5) is 0 Å². The first-order valence-corrected chi connectivity index (χ1v) is 6.54. The van der Waals surface area contributed by atoms with Crippen molar-refractivity contribution in [3.05, 3.63) is 34.4 Å². The van der Waals surface area contributed by atoms with Crippen molar-refractivity contribution in [1.29, 1.82) is 0 Å². The lowest BCUT2D eigenvalue weighted by Gasteiger charge is -2.32. The monoisotopic (exact) mass is 246 g/mol. The molecule has 1 amide bonds. The third-order valence-corrected chi connectivity index (χ3v) is 3.96. The Morgan fingerprint density at radius 1 is 1.00 bits per heavy atom. The van der Waals surface area contributed by atoms with Gasteiger partial charge in [-0.2, -0.15) is 0 Å². The van der Waals surface area contributed by atoms with Crippen molar-refractivity contribution in [2.75, 3.05) is 33.2 Å². The molecule has 2 rings (SSSR count). The minimum atomic E-state index is 0.175. The molecule has 0 radical (unpaired) electrons. The summed E-state index contributed by atoms with van der Waals surface area (Å²) in [6.45, 7) is 9.86. The van der Waals surface area contributed by atoms with Crippen LogP contribution in [-0.4, -0.2) is 48.9 Å². The van der Waals surface area contributed by atoms with Gasteiger partial charge in [0.15, 0.2) is 0 Å². The molecule has 3 nitrogen and oxygen atoms in total. The first kappa shape index (κ1) is 13.1. The second-order valence-electron chi connectivity index (χ2n) is 5.33. The number of benzene rings is 1. The standard InChI is InChI=1S/C15H22N2O/c1-11-9-14(10-12(2)13(11)3)15(18)17-7-5-16(4)6-8-17/h9-10H,5-8H2,1-4H3. The minimum absolute atomic E-state index is 0.175. The maximum Gasteiger partial charge on any atom is 0.253 e. The van der Waals surface area contributed by atoms with Gasteiger partial charge in [-0.25, -0.2) is 0 Å². The van der Waals surface area contributed by atoms with Crippen molar-refractivity contribution >= 4 is 5.91 Å². The third-order valence-electron chi connectivity index (χ3n) is 3.96. The Labute approximate surface area is 109 Å². The van der Waals surface area contributed by atoms with Gasteiger partial charge in [0, 0.05) is 31.7 Å². The highest BCUT2D eigenvalue weighted by atomic mass is 16.2. The van der Waals surface area contributed by atoms with E-state index < -0.39 is 0 Å².